The lowest BCUT2D eigenvalue weighted by molar-refractivity contribution is 0.767. The van der Waals surface area contributed by atoms with Gasteiger partial charge in [0.2, 0.25) is 0 Å². The van der Waals surface area contributed by atoms with Gasteiger partial charge in [-0.25, -0.2) is 4.98 Å². The third-order valence-electron chi connectivity index (χ3n) is 2.30. The largest absolute Gasteiger partial charge is 0.275 e. The number of aryl methyl sites for hydroxylation is 1. The number of aromatic nitrogens is 4. The molecule has 0 saturated carbocycles. The van der Waals surface area contributed by atoms with Gasteiger partial charge in [0, 0.05) is 13.2 Å². The van der Waals surface area contributed by atoms with Crippen molar-refractivity contribution in [3.05, 3.63) is 41.7 Å². The first-order valence-electron chi connectivity index (χ1n) is 5.48. The molecule has 0 saturated heterocycles. The fraction of sp³-hybridized carbons (Fsp3) is 0.308. The third-order valence-corrected chi connectivity index (χ3v) is 2.30. The first-order valence-corrected chi connectivity index (χ1v) is 5.48. The zero-order valence-corrected chi connectivity index (χ0v) is 10.2. The van der Waals surface area contributed by atoms with Crippen LogP contribution >= 0.6 is 0 Å². The number of hydrogen-bond acceptors (Lipinski definition) is 3. The van der Waals surface area contributed by atoms with Gasteiger partial charge in [0.25, 0.3) is 0 Å². The molecule has 0 unspecified atom stereocenters. The predicted molar refractivity (Wildman–Crippen MR) is 65.3 cm³/mol. The van der Waals surface area contributed by atoms with Crippen molar-refractivity contribution in [3.8, 4) is 11.8 Å². The topological polar surface area (TPSA) is 43.6 Å². The lowest BCUT2D eigenvalue weighted by Crippen LogP contribution is -1.94. The minimum atomic E-state index is 0.392. The maximum atomic E-state index is 4.31. The van der Waals surface area contributed by atoms with Crippen LogP contribution in [0, 0.1) is 11.8 Å². The molecule has 2 heterocycles. The number of rotatable bonds is 1. The summed E-state index contributed by atoms with van der Waals surface area (Å²) in [5.74, 6) is 6.35. The molecule has 2 aromatic heterocycles. The third kappa shape index (κ3) is 2.91. The van der Waals surface area contributed by atoms with Crippen molar-refractivity contribution >= 4 is 0 Å². The molecule has 4 heteroatoms. The van der Waals surface area contributed by atoms with Crippen LogP contribution in [0.2, 0.25) is 0 Å². The fourth-order valence-electron chi connectivity index (χ4n) is 1.32. The average Bonchev–Trinajstić information content (AvgIpc) is 2.73. The van der Waals surface area contributed by atoms with Crippen LogP contribution in [0.4, 0.5) is 0 Å². The van der Waals surface area contributed by atoms with Crippen LogP contribution in [0.25, 0.3) is 0 Å². The van der Waals surface area contributed by atoms with Crippen molar-refractivity contribution in [2.75, 3.05) is 0 Å². The zero-order chi connectivity index (χ0) is 12.3. The van der Waals surface area contributed by atoms with E-state index in [1.807, 2.05) is 13.2 Å². The Morgan fingerprint density at radius 1 is 1.12 bits per heavy atom. The van der Waals surface area contributed by atoms with Gasteiger partial charge < -0.3 is 0 Å². The van der Waals surface area contributed by atoms with Crippen LogP contribution < -0.4 is 0 Å². The molecular formula is C13H14N4. The first-order chi connectivity index (χ1) is 8.15. The maximum Gasteiger partial charge on any atom is 0.131 e. The van der Waals surface area contributed by atoms with Crippen molar-refractivity contribution in [2.45, 2.75) is 19.8 Å². The minimum Gasteiger partial charge on any atom is -0.275 e. The summed E-state index contributed by atoms with van der Waals surface area (Å²) in [6.07, 6.45) is 7.07. The Morgan fingerprint density at radius 2 is 1.94 bits per heavy atom. The van der Waals surface area contributed by atoms with Gasteiger partial charge in [-0.15, -0.1) is 0 Å². The highest BCUT2D eigenvalue weighted by Crippen LogP contribution is 2.08. The van der Waals surface area contributed by atoms with Gasteiger partial charge in [0.15, 0.2) is 0 Å². The molecule has 0 bridgehead atoms. The Hall–Kier alpha value is -2.15. The summed E-state index contributed by atoms with van der Waals surface area (Å²) >= 11 is 0. The van der Waals surface area contributed by atoms with Crippen molar-refractivity contribution in [3.63, 3.8) is 0 Å². The summed E-state index contributed by atoms with van der Waals surface area (Å²) in [5, 5.41) is 4.04. The Labute approximate surface area is 101 Å². The van der Waals surface area contributed by atoms with E-state index >= 15 is 0 Å². The van der Waals surface area contributed by atoms with Crippen molar-refractivity contribution in [2.24, 2.45) is 7.05 Å². The molecule has 17 heavy (non-hydrogen) atoms. The van der Waals surface area contributed by atoms with E-state index in [4.69, 9.17) is 0 Å². The normalized spacial score (nSPS) is 10.1. The highest BCUT2D eigenvalue weighted by Gasteiger charge is 2.00. The summed E-state index contributed by atoms with van der Waals surface area (Å²) in [6.45, 7) is 4.18. The first kappa shape index (κ1) is 11.3. The summed E-state index contributed by atoms with van der Waals surface area (Å²) < 4.78 is 1.72. The molecule has 4 nitrogen and oxygen atoms in total. The highest BCUT2D eigenvalue weighted by molar-refractivity contribution is 5.36. The van der Waals surface area contributed by atoms with E-state index in [1.165, 1.54) is 0 Å². The van der Waals surface area contributed by atoms with E-state index in [2.05, 4.69) is 40.8 Å². The Kier molecular flexibility index (Phi) is 3.20. The molecule has 0 aromatic carbocycles. The van der Waals surface area contributed by atoms with Crippen LogP contribution in [-0.2, 0) is 7.05 Å². The number of hydrogen-bond donors (Lipinski definition) is 0. The molecule has 2 rings (SSSR count). The van der Waals surface area contributed by atoms with Gasteiger partial charge in [0.1, 0.15) is 5.69 Å². The van der Waals surface area contributed by atoms with Gasteiger partial charge in [-0.2, -0.15) is 5.10 Å². The molecule has 0 N–H and O–H groups in total. The quantitative estimate of drug-likeness (QED) is 0.695. The fourth-order valence-corrected chi connectivity index (χ4v) is 1.32. The van der Waals surface area contributed by atoms with E-state index in [0.717, 1.165) is 11.3 Å². The molecule has 0 fully saturated rings. The van der Waals surface area contributed by atoms with Gasteiger partial charge in [-0.3, -0.25) is 9.67 Å². The van der Waals surface area contributed by atoms with Crippen molar-refractivity contribution < 1.29 is 0 Å². The molecule has 0 spiro atoms. The summed E-state index contributed by atoms with van der Waals surface area (Å²) in [4.78, 5) is 8.57. The van der Waals surface area contributed by atoms with E-state index in [-0.39, 0.29) is 0 Å². The lowest BCUT2D eigenvalue weighted by atomic mass is 10.1. The summed E-state index contributed by atoms with van der Waals surface area (Å²) in [7, 11) is 1.86. The molecule has 0 amide bonds. The Morgan fingerprint density at radius 3 is 2.47 bits per heavy atom. The van der Waals surface area contributed by atoms with Crippen molar-refractivity contribution in [1.82, 2.24) is 19.7 Å². The molecule has 0 aliphatic heterocycles. The second-order valence-corrected chi connectivity index (χ2v) is 4.13. The highest BCUT2D eigenvalue weighted by atomic mass is 15.2. The molecule has 0 aliphatic rings. The average molecular weight is 226 g/mol. The van der Waals surface area contributed by atoms with Crippen LogP contribution in [0.5, 0.6) is 0 Å². The van der Waals surface area contributed by atoms with Gasteiger partial charge in [0.05, 0.1) is 29.8 Å². The minimum absolute atomic E-state index is 0.392. The second-order valence-electron chi connectivity index (χ2n) is 4.13. The maximum absolute atomic E-state index is 4.31. The van der Waals surface area contributed by atoms with Crippen molar-refractivity contribution in [1.29, 1.82) is 0 Å². The van der Waals surface area contributed by atoms with E-state index in [9.17, 15) is 0 Å². The standard InChI is InChI=1S/C13H14N4/c1-10(2)13-8-14-12(7-15-13)5-4-11-6-16-17(3)9-11/h6-10H,1-3H3. The molecule has 2 aromatic rings. The smallest absolute Gasteiger partial charge is 0.131 e. The molecule has 0 atom stereocenters. The van der Waals surface area contributed by atoms with Gasteiger partial charge >= 0.3 is 0 Å². The molecule has 0 aliphatic carbocycles. The monoisotopic (exact) mass is 226 g/mol. The van der Waals surface area contributed by atoms with E-state index in [1.54, 1.807) is 23.3 Å². The van der Waals surface area contributed by atoms with E-state index < -0.39 is 0 Å². The van der Waals surface area contributed by atoms with Crippen LogP contribution in [-0.4, -0.2) is 19.7 Å². The van der Waals surface area contributed by atoms with Crippen LogP contribution in [0.3, 0.4) is 0 Å². The molecule has 86 valence electrons. The number of nitrogens with zero attached hydrogens (tertiary/aromatic N) is 4. The molecular weight excluding hydrogens is 212 g/mol. The van der Waals surface area contributed by atoms with E-state index in [0.29, 0.717) is 11.6 Å². The summed E-state index contributed by atoms with van der Waals surface area (Å²) in [5.41, 5.74) is 2.54. The Balaban J connectivity index is 2.17. The van der Waals surface area contributed by atoms with Gasteiger partial charge in [-0.05, 0) is 11.8 Å². The summed E-state index contributed by atoms with van der Waals surface area (Å²) in [6, 6.07) is 0. The Bertz CT molecular complexity index is 555. The lowest BCUT2D eigenvalue weighted by Gasteiger charge is -2.01. The predicted octanol–water partition coefficient (Wildman–Crippen LogP) is 1.73. The van der Waals surface area contributed by atoms with Crippen LogP contribution in [0.1, 0.15) is 36.7 Å². The molecule has 0 radical (unpaired) electrons. The van der Waals surface area contributed by atoms with Crippen LogP contribution in [0.15, 0.2) is 24.8 Å². The SMILES string of the molecule is CC(C)c1cnc(C#Cc2cnn(C)c2)cn1. The zero-order valence-electron chi connectivity index (χ0n) is 10.2. The van der Waals surface area contributed by atoms with Gasteiger partial charge in [-0.1, -0.05) is 19.8 Å². The second kappa shape index (κ2) is 4.79.